The van der Waals surface area contributed by atoms with Gasteiger partial charge in [0.1, 0.15) is 12.2 Å². The lowest BCUT2D eigenvalue weighted by Crippen LogP contribution is -2.32. The molecule has 0 saturated heterocycles. The molecular weight excluding hydrogens is 318 g/mol. The number of rotatable bonds is 4. The summed E-state index contributed by atoms with van der Waals surface area (Å²) in [6, 6.07) is 7.52. The number of carbonyl (C=O) groups is 1. The quantitative estimate of drug-likeness (QED) is 0.672. The van der Waals surface area contributed by atoms with Crippen LogP contribution in [0.25, 0.3) is 10.9 Å². The first kappa shape index (κ1) is 15.8. The maximum Gasteiger partial charge on any atom is 0.251 e. The van der Waals surface area contributed by atoms with Gasteiger partial charge in [-0.25, -0.2) is 0 Å². The minimum atomic E-state index is -0.436. The molecule has 7 heteroatoms. The van der Waals surface area contributed by atoms with Crippen molar-refractivity contribution >= 4 is 16.8 Å². The third-order valence-corrected chi connectivity index (χ3v) is 5.11. The van der Waals surface area contributed by atoms with E-state index in [1.807, 2.05) is 42.1 Å². The number of fused-ring (bicyclic) bond motifs is 1. The SMILES string of the molecule is Cn1cnnc1[C@H]1C[C@H](CNC(=O)c2ccc3[nH]ccc3c2)[C@H](O)C1. The lowest BCUT2D eigenvalue weighted by molar-refractivity contribution is 0.0917. The fourth-order valence-corrected chi connectivity index (χ4v) is 3.72. The Morgan fingerprint density at radius 2 is 2.28 bits per heavy atom. The maximum atomic E-state index is 12.4. The molecule has 3 aromatic rings. The summed E-state index contributed by atoms with van der Waals surface area (Å²) in [5, 5.41) is 22.4. The topological polar surface area (TPSA) is 95.8 Å². The molecule has 0 aliphatic heterocycles. The molecule has 130 valence electrons. The molecule has 1 aromatic carbocycles. The van der Waals surface area contributed by atoms with Gasteiger partial charge in [-0.15, -0.1) is 10.2 Å². The molecular formula is C18H21N5O2. The minimum absolute atomic E-state index is 0.0293. The zero-order valence-electron chi connectivity index (χ0n) is 14.0. The molecule has 0 radical (unpaired) electrons. The highest BCUT2D eigenvalue weighted by Gasteiger charge is 2.36. The van der Waals surface area contributed by atoms with Gasteiger partial charge in [0.25, 0.3) is 5.91 Å². The zero-order valence-corrected chi connectivity index (χ0v) is 14.0. The number of nitrogens with one attached hydrogen (secondary N) is 2. The van der Waals surface area contributed by atoms with Gasteiger partial charge in [0, 0.05) is 48.1 Å². The highest BCUT2D eigenvalue weighted by atomic mass is 16.3. The number of aromatic nitrogens is 4. The van der Waals surface area contributed by atoms with E-state index in [2.05, 4.69) is 20.5 Å². The molecule has 3 atom stereocenters. The smallest absolute Gasteiger partial charge is 0.251 e. The zero-order chi connectivity index (χ0) is 17.4. The Balaban J connectivity index is 1.39. The highest BCUT2D eigenvalue weighted by molar-refractivity contribution is 5.98. The molecule has 2 heterocycles. The van der Waals surface area contributed by atoms with Crippen LogP contribution in [0.1, 0.15) is 34.9 Å². The van der Waals surface area contributed by atoms with Crippen molar-refractivity contribution in [1.82, 2.24) is 25.1 Å². The van der Waals surface area contributed by atoms with Gasteiger partial charge in [-0.3, -0.25) is 4.79 Å². The van der Waals surface area contributed by atoms with Crippen LogP contribution in [0.3, 0.4) is 0 Å². The minimum Gasteiger partial charge on any atom is -0.393 e. The number of hydrogen-bond donors (Lipinski definition) is 3. The number of aliphatic hydroxyl groups is 1. The van der Waals surface area contributed by atoms with E-state index >= 15 is 0 Å². The van der Waals surface area contributed by atoms with Crippen molar-refractivity contribution in [2.24, 2.45) is 13.0 Å². The number of carbonyl (C=O) groups excluding carboxylic acids is 1. The Hall–Kier alpha value is -2.67. The first-order valence-electron chi connectivity index (χ1n) is 8.49. The second kappa shape index (κ2) is 6.33. The van der Waals surface area contributed by atoms with Crippen LogP contribution in [-0.4, -0.2) is 43.4 Å². The summed E-state index contributed by atoms with van der Waals surface area (Å²) in [5.74, 6) is 0.991. The summed E-state index contributed by atoms with van der Waals surface area (Å²) in [4.78, 5) is 15.5. The van der Waals surface area contributed by atoms with Gasteiger partial charge in [-0.05, 0) is 37.1 Å². The van der Waals surface area contributed by atoms with Gasteiger partial charge >= 0.3 is 0 Å². The van der Waals surface area contributed by atoms with Gasteiger partial charge in [0.2, 0.25) is 0 Å². The van der Waals surface area contributed by atoms with Crippen LogP contribution >= 0.6 is 0 Å². The van der Waals surface area contributed by atoms with Crippen molar-refractivity contribution in [3.8, 4) is 0 Å². The number of aliphatic hydroxyl groups excluding tert-OH is 1. The number of hydrogen-bond acceptors (Lipinski definition) is 4. The van der Waals surface area contributed by atoms with Gasteiger partial charge in [-0.2, -0.15) is 0 Å². The molecule has 0 bridgehead atoms. The van der Waals surface area contributed by atoms with Crippen molar-refractivity contribution in [1.29, 1.82) is 0 Å². The third-order valence-electron chi connectivity index (χ3n) is 5.11. The molecule has 3 N–H and O–H groups in total. The monoisotopic (exact) mass is 339 g/mol. The summed E-state index contributed by atoms with van der Waals surface area (Å²) in [7, 11) is 1.91. The van der Waals surface area contributed by atoms with Gasteiger partial charge in [-0.1, -0.05) is 0 Å². The Morgan fingerprint density at radius 1 is 1.40 bits per heavy atom. The molecule has 1 fully saturated rings. The molecule has 0 spiro atoms. The lowest BCUT2D eigenvalue weighted by atomic mass is 10.0. The fraction of sp³-hybridized carbons (Fsp3) is 0.389. The summed E-state index contributed by atoms with van der Waals surface area (Å²) in [6.07, 6.45) is 4.55. The number of H-pyrrole nitrogens is 1. The summed E-state index contributed by atoms with van der Waals surface area (Å²) < 4.78 is 1.89. The molecule has 4 rings (SSSR count). The van der Waals surface area contributed by atoms with Crippen LogP contribution in [0, 0.1) is 5.92 Å². The van der Waals surface area contributed by atoms with Crippen LogP contribution in [0.15, 0.2) is 36.8 Å². The summed E-state index contributed by atoms with van der Waals surface area (Å²) >= 11 is 0. The van der Waals surface area contributed by atoms with E-state index in [9.17, 15) is 9.90 Å². The van der Waals surface area contributed by atoms with E-state index < -0.39 is 6.10 Å². The number of benzene rings is 1. The summed E-state index contributed by atoms with van der Waals surface area (Å²) in [6.45, 7) is 0.458. The lowest BCUT2D eigenvalue weighted by Gasteiger charge is -2.15. The number of aromatic amines is 1. The number of amides is 1. The van der Waals surface area contributed by atoms with Crippen molar-refractivity contribution in [2.75, 3.05) is 6.54 Å². The molecule has 1 aliphatic carbocycles. The van der Waals surface area contributed by atoms with Crippen molar-refractivity contribution in [3.05, 3.63) is 48.2 Å². The van der Waals surface area contributed by atoms with Crippen LogP contribution in [0.2, 0.25) is 0 Å². The fourth-order valence-electron chi connectivity index (χ4n) is 3.72. The largest absolute Gasteiger partial charge is 0.393 e. The molecule has 1 saturated carbocycles. The Labute approximate surface area is 145 Å². The van der Waals surface area contributed by atoms with Gasteiger partial charge < -0.3 is 20.0 Å². The molecule has 0 unspecified atom stereocenters. The van der Waals surface area contributed by atoms with E-state index in [1.54, 1.807) is 6.33 Å². The van der Waals surface area contributed by atoms with E-state index in [0.717, 1.165) is 23.1 Å². The van der Waals surface area contributed by atoms with Gasteiger partial charge in [0.15, 0.2) is 0 Å². The van der Waals surface area contributed by atoms with Crippen LogP contribution in [0.5, 0.6) is 0 Å². The predicted molar refractivity (Wildman–Crippen MR) is 93.1 cm³/mol. The first-order valence-corrected chi connectivity index (χ1v) is 8.49. The molecule has 1 aliphatic rings. The molecule has 2 aromatic heterocycles. The van der Waals surface area contributed by atoms with Crippen molar-refractivity contribution < 1.29 is 9.90 Å². The van der Waals surface area contributed by atoms with E-state index in [-0.39, 0.29) is 17.7 Å². The van der Waals surface area contributed by atoms with Crippen LogP contribution in [0.4, 0.5) is 0 Å². The molecule has 7 nitrogen and oxygen atoms in total. The summed E-state index contributed by atoms with van der Waals surface area (Å²) in [5.41, 5.74) is 1.64. The first-order chi connectivity index (χ1) is 12.1. The molecule has 1 amide bonds. The highest BCUT2D eigenvalue weighted by Crippen LogP contribution is 2.37. The predicted octanol–water partition coefficient (Wildman–Crippen LogP) is 1.58. The third kappa shape index (κ3) is 3.02. The standard InChI is InChI=1S/C18H21N5O2/c1-23-10-21-22-17(23)13-7-14(16(24)8-13)9-20-18(25)12-2-3-15-11(6-12)4-5-19-15/h2-6,10,13-14,16,19,24H,7-9H2,1H3,(H,20,25)/t13-,14+,16+/m0/s1. The normalized spacial score (nSPS) is 23.2. The maximum absolute atomic E-state index is 12.4. The van der Waals surface area contributed by atoms with Crippen molar-refractivity contribution in [3.63, 3.8) is 0 Å². The van der Waals surface area contributed by atoms with E-state index in [4.69, 9.17) is 0 Å². The van der Waals surface area contributed by atoms with Crippen LogP contribution < -0.4 is 5.32 Å². The number of nitrogens with zero attached hydrogens (tertiary/aromatic N) is 3. The van der Waals surface area contributed by atoms with Gasteiger partial charge in [0.05, 0.1) is 6.10 Å². The van der Waals surface area contributed by atoms with E-state index in [1.165, 1.54) is 0 Å². The van der Waals surface area contributed by atoms with E-state index in [0.29, 0.717) is 18.5 Å². The van der Waals surface area contributed by atoms with Crippen LogP contribution in [-0.2, 0) is 7.05 Å². The second-order valence-corrected chi connectivity index (χ2v) is 6.79. The average Bonchev–Trinajstić information content (AvgIpc) is 3.31. The average molecular weight is 339 g/mol. The Kier molecular flexibility index (Phi) is 4.01. The Morgan fingerprint density at radius 3 is 3.08 bits per heavy atom. The Bertz CT molecular complexity index is 900. The second-order valence-electron chi connectivity index (χ2n) is 6.79. The van der Waals surface area contributed by atoms with Crippen molar-refractivity contribution in [2.45, 2.75) is 24.9 Å². The molecule has 25 heavy (non-hydrogen) atoms. The number of aryl methyl sites for hydroxylation is 1.